The van der Waals surface area contributed by atoms with Gasteiger partial charge in [-0.1, -0.05) is 66.2 Å². The van der Waals surface area contributed by atoms with Gasteiger partial charge in [-0.3, -0.25) is 0 Å². The van der Waals surface area contributed by atoms with Gasteiger partial charge in [0, 0.05) is 29.9 Å². The minimum absolute atomic E-state index is 0. The molecule has 29 heavy (non-hydrogen) atoms. The average Bonchev–Trinajstić information content (AvgIpc) is 3.44. The maximum Gasteiger partial charge on any atom is 0.126 e. The third-order valence-corrected chi connectivity index (χ3v) is 4.39. The van der Waals surface area contributed by atoms with Crippen molar-refractivity contribution in [2.75, 3.05) is 0 Å². The molecule has 0 bridgehead atoms. The summed E-state index contributed by atoms with van der Waals surface area (Å²) in [5, 5.41) is 0. The summed E-state index contributed by atoms with van der Waals surface area (Å²) in [6.45, 7) is 0. The van der Waals surface area contributed by atoms with E-state index >= 15 is 0 Å². The minimum atomic E-state index is -0.0161. The average molecular weight is 422 g/mol. The van der Waals surface area contributed by atoms with Gasteiger partial charge in [0.15, 0.2) is 0 Å². The summed E-state index contributed by atoms with van der Waals surface area (Å²) < 4.78 is 0. The molecule has 0 fully saturated rings. The molecule has 0 unspecified atom stereocenters. The van der Waals surface area contributed by atoms with Crippen LogP contribution in [0.25, 0.3) is 0 Å². The van der Waals surface area contributed by atoms with Crippen molar-refractivity contribution in [3.63, 3.8) is 0 Å². The first kappa shape index (κ1) is 22.3. The van der Waals surface area contributed by atoms with E-state index in [-0.39, 0.29) is 28.6 Å². The molecule has 0 saturated carbocycles. The maximum atomic E-state index is 12.5. The molecule has 0 heterocycles. The normalized spacial score (nSPS) is 9.66. The van der Waals surface area contributed by atoms with E-state index in [1.54, 1.807) is 18.2 Å². The fraction of sp³-hybridized carbons (Fsp3) is 0.0769. The van der Waals surface area contributed by atoms with Crippen LogP contribution < -0.4 is 0 Å². The summed E-state index contributed by atoms with van der Waals surface area (Å²) in [5.74, 6) is -0.0322. The molecule has 0 aliphatic carbocycles. The van der Waals surface area contributed by atoms with E-state index in [0.717, 1.165) is 11.1 Å². The SMILES string of the molecule is O=C(Cc1ccccc1)c1ccc[c-]1C(=O)Cc1ccccc1.[Fe].[cH-]1[cH-][cH-][cH-][cH-]1. The summed E-state index contributed by atoms with van der Waals surface area (Å²) in [6, 6.07) is 34.4. The standard InChI is InChI=1S/C21H17O2.C5H5.Fe/c22-20(14-16-8-3-1-4-9-16)18-12-7-13-19(18)21(23)15-17-10-5-2-6-11-17;1-2-4-5-3-1;/h1-13H,14-15H2;1-5H;/q-1;-5;. The van der Waals surface area contributed by atoms with Gasteiger partial charge in [0.05, 0.1) is 5.78 Å². The van der Waals surface area contributed by atoms with Crippen molar-refractivity contribution in [1.82, 2.24) is 0 Å². The van der Waals surface area contributed by atoms with E-state index in [4.69, 9.17) is 0 Å². The van der Waals surface area contributed by atoms with E-state index < -0.39 is 0 Å². The zero-order valence-electron chi connectivity index (χ0n) is 16.0. The number of Topliss-reactive ketones (excluding diaryl/α,β-unsaturated/α-hetero) is 2. The molecule has 152 valence electrons. The second-order valence-electron chi connectivity index (χ2n) is 6.49. The van der Waals surface area contributed by atoms with Crippen LogP contribution in [0.3, 0.4) is 0 Å². The number of carbonyl (C=O) groups is 2. The Hall–Kier alpha value is -3.00. The van der Waals surface area contributed by atoms with Crippen molar-refractivity contribution in [1.29, 1.82) is 0 Å². The predicted octanol–water partition coefficient (Wildman–Crippen LogP) is 5.66. The first-order chi connectivity index (χ1) is 13.7. The summed E-state index contributed by atoms with van der Waals surface area (Å²) in [6.07, 6.45) is 0.632. The first-order valence-corrected chi connectivity index (χ1v) is 9.30. The topological polar surface area (TPSA) is 34.1 Å². The zero-order chi connectivity index (χ0) is 19.6. The zero-order valence-corrected chi connectivity index (χ0v) is 17.1. The molecule has 0 aromatic heterocycles. The quantitative estimate of drug-likeness (QED) is 0.228. The molecule has 0 spiro atoms. The largest absolute Gasteiger partial charge is 0.748 e. The molecule has 0 radical (unpaired) electrons. The van der Waals surface area contributed by atoms with Gasteiger partial charge in [0.25, 0.3) is 0 Å². The second kappa shape index (κ2) is 11.8. The Morgan fingerprint density at radius 1 is 0.655 bits per heavy atom. The minimum Gasteiger partial charge on any atom is -0.748 e. The number of carbonyl (C=O) groups excluding carboxylic acids is 2. The molecule has 0 aliphatic heterocycles. The van der Waals surface area contributed by atoms with Gasteiger partial charge in [-0.2, -0.15) is 12.1 Å². The van der Waals surface area contributed by atoms with Crippen LogP contribution in [0.4, 0.5) is 0 Å². The van der Waals surface area contributed by atoms with Crippen molar-refractivity contribution in [3.05, 3.63) is 131 Å². The second-order valence-corrected chi connectivity index (χ2v) is 6.49. The molecular formula is C26H22FeO2-6. The van der Waals surface area contributed by atoms with Crippen molar-refractivity contribution in [3.8, 4) is 0 Å². The Bertz CT molecular complexity index is 898. The Labute approximate surface area is 182 Å². The number of rotatable bonds is 6. The van der Waals surface area contributed by atoms with Gasteiger partial charge in [0.2, 0.25) is 0 Å². The van der Waals surface area contributed by atoms with E-state index in [1.165, 1.54) is 0 Å². The van der Waals surface area contributed by atoms with Crippen LogP contribution in [0, 0.1) is 0 Å². The van der Waals surface area contributed by atoms with Gasteiger partial charge >= 0.3 is 0 Å². The molecule has 0 N–H and O–H groups in total. The van der Waals surface area contributed by atoms with Gasteiger partial charge in [-0.05, 0) is 11.1 Å². The van der Waals surface area contributed by atoms with Gasteiger partial charge in [0.1, 0.15) is 5.78 Å². The van der Waals surface area contributed by atoms with Crippen LogP contribution in [-0.2, 0) is 29.9 Å². The maximum absolute atomic E-state index is 12.5. The van der Waals surface area contributed by atoms with E-state index in [2.05, 4.69) is 0 Å². The number of hydrogen-bond donors (Lipinski definition) is 0. The summed E-state index contributed by atoms with van der Waals surface area (Å²) in [7, 11) is 0. The van der Waals surface area contributed by atoms with Crippen molar-refractivity contribution < 1.29 is 26.7 Å². The number of hydrogen-bond acceptors (Lipinski definition) is 2. The molecule has 0 atom stereocenters. The molecule has 2 nitrogen and oxygen atoms in total. The molecule has 4 rings (SSSR count). The number of ketones is 2. The molecule has 0 aliphatic rings. The predicted molar refractivity (Wildman–Crippen MR) is 113 cm³/mol. The molecule has 4 aromatic carbocycles. The Balaban J connectivity index is 0.000000437. The van der Waals surface area contributed by atoms with Crippen molar-refractivity contribution in [2.24, 2.45) is 0 Å². The fourth-order valence-electron chi connectivity index (χ4n) is 2.98. The molecule has 0 saturated heterocycles. The Morgan fingerprint density at radius 2 is 1.14 bits per heavy atom. The van der Waals surface area contributed by atoms with Crippen LogP contribution in [0.5, 0.6) is 0 Å². The smallest absolute Gasteiger partial charge is 0.126 e. The molecule has 3 heteroatoms. The fourth-order valence-corrected chi connectivity index (χ4v) is 2.98. The molecular weight excluding hydrogens is 400 g/mol. The van der Waals surface area contributed by atoms with Crippen LogP contribution in [0.2, 0.25) is 0 Å². The third kappa shape index (κ3) is 6.83. The molecule has 4 aromatic rings. The van der Waals surface area contributed by atoms with E-state index in [1.807, 2.05) is 91.0 Å². The van der Waals surface area contributed by atoms with Crippen LogP contribution in [0.1, 0.15) is 31.8 Å². The summed E-state index contributed by atoms with van der Waals surface area (Å²) >= 11 is 0. The Kier molecular flexibility index (Phi) is 9.04. The van der Waals surface area contributed by atoms with Crippen LogP contribution in [-0.4, -0.2) is 11.6 Å². The number of benzene rings is 2. The van der Waals surface area contributed by atoms with Gasteiger partial charge < -0.3 is 39.9 Å². The van der Waals surface area contributed by atoms with Gasteiger partial charge in [-0.15, -0.1) is 11.6 Å². The van der Waals surface area contributed by atoms with Crippen molar-refractivity contribution >= 4 is 11.6 Å². The third-order valence-electron chi connectivity index (χ3n) is 4.39. The molecule has 0 amide bonds. The van der Waals surface area contributed by atoms with E-state index in [9.17, 15) is 9.59 Å². The van der Waals surface area contributed by atoms with Crippen LogP contribution >= 0.6 is 0 Å². The van der Waals surface area contributed by atoms with Gasteiger partial charge in [-0.25, -0.2) is 0 Å². The Morgan fingerprint density at radius 3 is 1.66 bits per heavy atom. The first-order valence-electron chi connectivity index (χ1n) is 9.30. The van der Waals surface area contributed by atoms with E-state index in [0.29, 0.717) is 24.0 Å². The monoisotopic (exact) mass is 422 g/mol. The van der Waals surface area contributed by atoms with Crippen molar-refractivity contribution in [2.45, 2.75) is 12.8 Å². The summed E-state index contributed by atoms with van der Waals surface area (Å²) in [4.78, 5) is 25.0. The summed E-state index contributed by atoms with van der Waals surface area (Å²) in [5.41, 5.74) is 2.96. The van der Waals surface area contributed by atoms with Crippen LogP contribution in [0.15, 0.2) is 109 Å².